The zero-order valence-corrected chi connectivity index (χ0v) is 17.4. The maximum atomic E-state index is 6.05. The number of nitrogens with zero attached hydrogens (tertiary/aromatic N) is 2. The number of fused-ring (bicyclic) bond motifs is 1. The number of ether oxygens (including phenoxy) is 2. The van der Waals surface area contributed by atoms with Gasteiger partial charge < -0.3 is 14.8 Å². The number of hydrogen-bond donors (Lipinski definition) is 1. The third-order valence-corrected chi connectivity index (χ3v) is 4.98. The molecular weight excluding hydrogens is 374 g/mol. The second-order valence-corrected chi connectivity index (χ2v) is 7.19. The zero-order valence-electron chi connectivity index (χ0n) is 17.4. The number of hydrogen-bond acceptors (Lipinski definition) is 5. The SMILES string of the molecule is COc1cc2c(N[C@H](C)c3ccccc3)nc(C)nc2cc1OCc1ccccc1. The van der Waals surface area contributed by atoms with Crippen LogP contribution in [0.25, 0.3) is 10.9 Å². The van der Waals surface area contributed by atoms with Crippen LogP contribution in [0, 0.1) is 6.92 Å². The molecule has 1 atom stereocenters. The molecule has 0 saturated heterocycles. The van der Waals surface area contributed by atoms with Crippen LogP contribution in [0.2, 0.25) is 0 Å². The summed E-state index contributed by atoms with van der Waals surface area (Å²) < 4.78 is 11.7. The van der Waals surface area contributed by atoms with Gasteiger partial charge in [-0.25, -0.2) is 9.97 Å². The molecule has 5 heteroatoms. The predicted molar refractivity (Wildman–Crippen MR) is 120 cm³/mol. The summed E-state index contributed by atoms with van der Waals surface area (Å²) in [4.78, 5) is 9.27. The van der Waals surface area contributed by atoms with Gasteiger partial charge in [0.2, 0.25) is 0 Å². The number of aryl methyl sites for hydroxylation is 1. The van der Waals surface area contributed by atoms with Gasteiger partial charge in [-0.15, -0.1) is 0 Å². The van der Waals surface area contributed by atoms with E-state index in [-0.39, 0.29) is 6.04 Å². The average Bonchev–Trinajstić information content (AvgIpc) is 2.78. The van der Waals surface area contributed by atoms with E-state index in [0.717, 1.165) is 22.3 Å². The highest BCUT2D eigenvalue weighted by Gasteiger charge is 2.15. The van der Waals surface area contributed by atoms with Crippen LogP contribution < -0.4 is 14.8 Å². The molecule has 5 nitrogen and oxygen atoms in total. The van der Waals surface area contributed by atoms with Crippen molar-refractivity contribution >= 4 is 16.7 Å². The summed E-state index contributed by atoms with van der Waals surface area (Å²) in [7, 11) is 1.64. The van der Waals surface area contributed by atoms with Gasteiger partial charge in [-0.3, -0.25) is 0 Å². The van der Waals surface area contributed by atoms with Crippen LogP contribution in [0.4, 0.5) is 5.82 Å². The van der Waals surface area contributed by atoms with Crippen LogP contribution in [0.5, 0.6) is 11.5 Å². The van der Waals surface area contributed by atoms with Gasteiger partial charge in [0.1, 0.15) is 18.2 Å². The van der Waals surface area contributed by atoms with Gasteiger partial charge in [-0.05, 0) is 31.0 Å². The summed E-state index contributed by atoms with van der Waals surface area (Å²) in [6.45, 7) is 4.47. The molecule has 152 valence electrons. The Balaban J connectivity index is 1.67. The molecule has 0 saturated carbocycles. The number of rotatable bonds is 7. The molecular formula is C25H25N3O2. The largest absolute Gasteiger partial charge is 0.493 e. The molecule has 0 bridgehead atoms. The van der Waals surface area contributed by atoms with E-state index in [0.29, 0.717) is 23.9 Å². The molecule has 4 aromatic rings. The van der Waals surface area contributed by atoms with Gasteiger partial charge in [0.05, 0.1) is 12.6 Å². The number of aromatic nitrogens is 2. The fourth-order valence-corrected chi connectivity index (χ4v) is 3.40. The first-order valence-corrected chi connectivity index (χ1v) is 9.98. The lowest BCUT2D eigenvalue weighted by Crippen LogP contribution is -2.09. The summed E-state index contributed by atoms with van der Waals surface area (Å²) in [6, 6.07) is 24.3. The fourth-order valence-electron chi connectivity index (χ4n) is 3.40. The van der Waals surface area contributed by atoms with Gasteiger partial charge in [-0.1, -0.05) is 60.7 Å². The van der Waals surface area contributed by atoms with Crippen molar-refractivity contribution < 1.29 is 9.47 Å². The van der Waals surface area contributed by atoms with Crippen LogP contribution in [-0.2, 0) is 6.61 Å². The topological polar surface area (TPSA) is 56.3 Å². The molecule has 4 rings (SSSR count). The Hall–Kier alpha value is -3.60. The van der Waals surface area contributed by atoms with Gasteiger partial charge in [0.25, 0.3) is 0 Å². The van der Waals surface area contributed by atoms with Gasteiger partial charge in [0.15, 0.2) is 11.5 Å². The second kappa shape index (κ2) is 8.82. The Morgan fingerprint density at radius 3 is 2.30 bits per heavy atom. The molecule has 0 radical (unpaired) electrons. The maximum absolute atomic E-state index is 6.05. The standard InChI is InChI=1S/C25H25N3O2/c1-17(20-12-8-5-9-13-20)26-25-21-14-23(29-3)24(15-22(21)27-18(2)28-25)30-16-19-10-6-4-7-11-19/h4-15,17H,16H2,1-3H3,(H,26,27,28)/t17-/m1/s1. The van der Waals surface area contributed by atoms with Crippen LogP contribution >= 0.6 is 0 Å². The van der Waals surface area contributed by atoms with Crippen molar-refractivity contribution in [3.63, 3.8) is 0 Å². The first-order chi connectivity index (χ1) is 14.6. The molecule has 1 N–H and O–H groups in total. The Bertz CT molecular complexity index is 1130. The minimum atomic E-state index is 0.101. The van der Waals surface area contributed by atoms with Crippen molar-refractivity contribution in [3.8, 4) is 11.5 Å². The normalized spacial score (nSPS) is 11.8. The first-order valence-electron chi connectivity index (χ1n) is 9.98. The molecule has 0 aliphatic carbocycles. The molecule has 0 fully saturated rings. The highest BCUT2D eigenvalue weighted by Crippen LogP contribution is 2.35. The average molecular weight is 399 g/mol. The molecule has 0 amide bonds. The molecule has 1 aromatic heterocycles. The lowest BCUT2D eigenvalue weighted by molar-refractivity contribution is 0.285. The van der Waals surface area contributed by atoms with Crippen molar-refractivity contribution in [1.29, 1.82) is 0 Å². The molecule has 0 spiro atoms. The minimum absolute atomic E-state index is 0.101. The summed E-state index contributed by atoms with van der Waals surface area (Å²) in [5, 5.41) is 4.42. The lowest BCUT2D eigenvalue weighted by Gasteiger charge is -2.18. The van der Waals surface area contributed by atoms with E-state index >= 15 is 0 Å². The van der Waals surface area contributed by atoms with Crippen molar-refractivity contribution in [3.05, 3.63) is 89.7 Å². The number of nitrogens with one attached hydrogen (secondary N) is 1. The van der Waals surface area contributed by atoms with Crippen LogP contribution in [0.15, 0.2) is 72.8 Å². The minimum Gasteiger partial charge on any atom is -0.493 e. The first kappa shape index (κ1) is 19.7. The van der Waals surface area contributed by atoms with Crippen molar-refractivity contribution in [2.45, 2.75) is 26.5 Å². The summed E-state index contributed by atoms with van der Waals surface area (Å²) in [6.07, 6.45) is 0. The molecule has 3 aromatic carbocycles. The Labute approximate surface area is 176 Å². The highest BCUT2D eigenvalue weighted by atomic mass is 16.5. The quantitative estimate of drug-likeness (QED) is 0.432. The van der Waals surface area contributed by atoms with E-state index < -0.39 is 0 Å². The van der Waals surface area contributed by atoms with Gasteiger partial charge in [0, 0.05) is 17.5 Å². The monoisotopic (exact) mass is 399 g/mol. The molecule has 0 aliphatic heterocycles. The number of benzene rings is 3. The highest BCUT2D eigenvalue weighted by molar-refractivity contribution is 5.92. The van der Waals surface area contributed by atoms with Gasteiger partial charge >= 0.3 is 0 Å². The number of anilines is 1. The molecule has 1 heterocycles. The van der Waals surface area contributed by atoms with E-state index in [1.807, 2.05) is 67.6 Å². The van der Waals surface area contributed by atoms with E-state index in [9.17, 15) is 0 Å². The summed E-state index contributed by atoms with van der Waals surface area (Å²) in [5.41, 5.74) is 3.10. The Kier molecular flexibility index (Phi) is 5.80. The second-order valence-electron chi connectivity index (χ2n) is 7.19. The number of methoxy groups -OCH3 is 1. The summed E-state index contributed by atoms with van der Waals surface area (Å²) in [5.74, 6) is 2.79. The summed E-state index contributed by atoms with van der Waals surface area (Å²) >= 11 is 0. The predicted octanol–water partition coefficient (Wildman–Crippen LogP) is 5.70. The Morgan fingerprint density at radius 2 is 1.60 bits per heavy atom. The maximum Gasteiger partial charge on any atom is 0.163 e. The third-order valence-electron chi connectivity index (χ3n) is 4.98. The van der Waals surface area contributed by atoms with E-state index in [2.05, 4.69) is 34.3 Å². The Morgan fingerprint density at radius 1 is 0.900 bits per heavy atom. The fraction of sp³-hybridized carbons (Fsp3) is 0.200. The van der Waals surface area contributed by atoms with Crippen LogP contribution in [-0.4, -0.2) is 17.1 Å². The zero-order chi connectivity index (χ0) is 20.9. The third kappa shape index (κ3) is 4.35. The molecule has 0 aliphatic rings. The molecule has 30 heavy (non-hydrogen) atoms. The molecule has 0 unspecified atom stereocenters. The van der Waals surface area contributed by atoms with Gasteiger partial charge in [-0.2, -0.15) is 0 Å². The van der Waals surface area contributed by atoms with Crippen molar-refractivity contribution in [2.75, 3.05) is 12.4 Å². The lowest BCUT2D eigenvalue weighted by atomic mass is 10.1. The van der Waals surface area contributed by atoms with Crippen LogP contribution in [0.1, 0.15) is 29.9 Å². The van der Waals surface area contributed by atoms with E-state index in [1.54, 1.807) is 7.11 Å². The smallest absolute Gasteiger partial charge is 0.163 e. The van der Waals surface area contributed by atoms with E-state index in [4.69, 9.17) is 9.47 Å². The van der Waals surface area contributed by atoms with Crippen molar-refractivity contribution in [2.24, 2.45) is 0 Å². The van der Waals surface area contributed by atoms with Crippen molar-refractivity contribution in [1.82, 2.24) is 9.97 Å². The van der Waals surface area contributed by atoms with E-state index in [1.165, 1.54) is 5.56 Å². The van der Waals surface area contributed by atoms with Crippen LogP contribution in [0.3, 0.4) is 0 Å².